The summed E-state index contributed by atoms with van der Waals surface area (Å²) in [5.74, 6) is -0.874. The van der Waals surface area contributed by atoms with Crippen LogP contribution >= 0.6 is 0 Å². The number of amides is 5. The van der Waals surface area contributed by atoms with E-state index in [4.69, 9.17) is 15.2 Å². The van der Waals surface area contributed by atoms with Gasteiger partial charge in [-0.25, -0.2) is 4.79 Å². The van der Waals surface area contributed by atoms with Gasteiger partial charge in [-0.2, -0.15) is 0 Å². The highest BCUT2D eigenvalue weighted by molar-refractivity contribution is 5.98. The van der Waals surface area contributed by atoms with Crippen LogP contribution in [0, 0.1) is 11.8 Å². The Labute approximate surface area is 238 Å². The summed E-state index contributed by atoms with van der Waals surface area (Å²) >= 11 is 0. The monoisotopic (exact) mass is 563 g/mol. The van der Waals surface area contributed by atoms with Gasteiger partial charge in [0.1, 0.15) is 12.1 Å². The van der Waals surface area contributed by atoms with E-state index in [1.54, 1.807) is 12.1 Å². The van der Waals surface area contributed by atoms with Crippen LogP contribution in [-0.4, -0.2) is 61.7 Å². The van der Waals surface area contributed by atoms with Gasteiger partial charge in [0.15, 0.2) is 0 Å². The molecule has 0 bridgehead atoms. The molecule has 0 saturated heterocycles. The summed E-state index contributed by atoms with van der Waals surface area (Å²) < 4.78 is 11.1. The molecule has 1 aromatic carbocycles. The van der Waals surface area contributed by atoms with Crippen LogP contribution in [0.15, 0.2) is 24.3 Å². The molecule has 1 aromatic rings. The minimum Gasteiger partial charge on any atom is -0.381 e. The van der Waals surface area contributed by atoms with Crippen LogP contribution in [0.3, 0.4) is 0 Å². The molecule has 11 heteroatoms. The van der Waals surface area contributed by atoms with Crippen LogP contribution in [-0.2, 0) is 30.5 Å². The third kappa shape index (κ3) is 15.4. The van der Waals surface area contributed by atoms with Gasteiger partial charge in [0.25, 0.3) is 0 Å². The molecule has 0 spiro atoms. The van der Waals surface area contributed by atoms with Crippen molar-refractivity contribution >= 4 is 29.4 Å². The lowest BCUT2D eigenvalue weighted by Gasteiger charge is -2.25. The molecular weight excluding hydrogens is 514 g/mol. The van der Waals surface area contributed by atoms with E-state index in [-0.39, 0.29) is 43.9 Å². The smallest absolute Gasteiger partial charge is 0.312 e. The van der Waals surface area contributed by atoms with Gasteiger partial charge in [-0.3, -0.25) is 14.4 Å². The Kier molecular flexibility index (Phi) is 16.5. The van der Waals surface area contributed by atoms with E-state index < -0.39 is 29.9 Å². The standard InChI is InChI=1S/C29H49N5O6/c1-19(2)13-16-39-17-14-25(35)34-26(20(3)4)28(37)33-24(8-7-15-31-29(30)38)27(36)32-23-11-9-22(10-12-23)18-40-21(5)6/h9-12,19-21,24,26H,7-8,13-18H2,1-6H3,(H,32,36)(H,33,37)(H,34,35)(H3,30,31,38)/t24-,26-/m0/s1. The Morgan fingerprint density at radius 2 is 1.55 bits per heavy atom. The fourth-order valence-corrected chi connectivity index (χ4v) is 3.59. The van der Waals surface area contributed by atoms with Crippen molar-refractivity contribution in [3.05, 3.63) is 29.8 Å². The molecule has 5 amide bonds. The Morgan fingerprint density at radius 3 is 2.12 bits per heavy atom. The van der Waals surface area contributed by atoms with Gasteiger partial charge in [0, 0.05) is 25.3 Å². The Hall–Kier alpha value is -3.18. The summed E-state index contributed by atoms with van der Waals surface area (Å²) in [6.07, 6.45) is 1.80. The molecule has 0 aliphatic heterocycles. The van der Waals surface area contributed by atoms with E-state index in [1.165, 1.54) is 0 Å². The highest BCUT2D eigenvalue weighted by atomic mass is 16.5. The van der Waals surface area contributed by atoms with E-state index in [0.717, 1.165) is 12.0 Å². The zero-order chi connectivity index (χ0) is 30.1. The number of ether oxygens (including phenoxy) is 2. The van der Waals surface area contributed by atoms with Gasteiger partial charge in [0.05, 0.1) is 19.3 Å². The highest BCUT2D eigenvalue weighted by Crippen LogP contribution is 2.13. The predicted octanol–water partition coefficient (Wildman–Crippen LogP) is 3.08. The summed E-state index contributed by atoms with van der Waals surface area (Å²) in [4.78, 5) is 49.9. The van der Waals surface area contributed by atoms with Crippen molar-refractivity contribution in [2.75, 3.05) is 25.1 Å². The molecule has 0 aromatic heterocycles. The number of benzene rings is 1. The SMILES string of the molecule is CC(C)CCOCCC(=O)N[C@H](C(=O)N[C@@H](CCCNC(N)=O)C(=O)Nc1ccc(COC(C)C)cc1)C(C)C. The molecule has 226 valence electrons. The molecule has 11 nitrogen and oxygen atoms in total. The maximum absolute atomic E-state index is 13.2. The van der Waals surface area contributed by atoms with Crippen LogP contribution in [0.4, 0.5) is 10.5 Å². The van der Waals surface area contributed by atoms with E-state index in [1.807, 2.05) is 39.8 Å². The maximum Gasteiger partial charge on any atom is 0.312 e. The minimum absolute atomic E-state index is 0.107. The normalized spacial score (nSPS) is 12.7. The average molecular weight is 564 g/mol. The number of rotatable bonds is 19. The largest absolute Gasteiger partial charge is 0.381 e. The second-order valence-corrected chi connectivity index (χ2v) is 10.9. The summed E-state index contributed by atoms with van der Waals surface area (Å²) in [7, 11) is 0. The van der Waals surface area contributed by atoms with Crippen molar-refractivity contribution in [3.63, 3.8) is 0 Å². The Bertz CT molecular complexity index is 920. The van der Waals surface area contributed by atoms with Crippen molar-refractivity contribution in [2.24, 2.45) is 17.6 Å². The lowest BCUT2D eigenvalue weighted by atomic mass is 10.0. The molecule has 0 saturated carbocycles. The number of nitrogens with one attached hydrogen (secondary N) is 4. The van der Waals surface area contributed by atoms with Crippen molar-refractivity contribution in [3.8, 4) is 0 Å². The molecule has 1 rings (SSSR count). The van der Waals surface area contributed by atoms with Crippen molar-refractivity contribution in [1.29, 1.82) is 0 Å². The van der Waals surface area contributed by atoms with Crippen LogP contribution in [0.5, 0.6) is 0 Å². The fourth-order valence-electron chi connectivity index (χ4n) is 3.59. The lowest BCUT2D eigenvalue weighted by molar-refractivity contribution is -0.132. The number of hydrogen-bond acceptors (Lipinski definition) is 6. The number of primary amides is 1. The second kappa shape index (κ2) is 19.0. The molecule has 0 radical (unpaired) electrons. The van der Waals surface area contributed by atoms with E-state index in [9.17, 15) is 19.2 Å². The topological polar surface area (TPSA) is 161 Å². The first-order chi connectivity index (χ1) is 18.9. The first kappa shape index (κ1) is 34.8. The van der Waals surface area contributed by atoms with Crippen LogP contribution in [0.2, 0.25) is 0 Å². The van der Waals surface area contributed by atoms with Crippen LogP contribution in [0.1, 0.15) is 72.8 Å². The summed E-state index contributed by atoms with van der Waals surface area (Å²) in [6, 6.07) is 4.86. The number of hydrogen-bond donors (Lipinski definition) is 5. The van der Waals surface area contributed by atoms with Crippen LogP contribution in [0.25, 0.3) is 0 Å². The maximum atomic E-state index is 13.2. The van der Waals surface area contributed by atoms with Crippen molar-refractivity contribution < 1.29 is 28.7 Å². The predicted molar refractivity (Wildman–Crippen MR) is 155 cm³/mol. The summed E-state index contributed by atoms with van der Waals surface area (Å²) in [6.45, 7) is 13.3. The molecule has 0 fully saturated rings. The van der Waals surface area contributed by atoms with Gasteiger partial charge in [0.2, 0.25) is 17.7 Å². The quantitative estimate of drug-likeness (QED) is 0.163. The van der Waals surface area contributed by atoms with E-state index in [2.05, 4.69) is 35.1 Å². The van der Waals surface area contributed by atoms with Gasteiger partial charge < -0.3 is 36.5 Å². The first-order valence-corrected chi connectivity index (χ1v) is 14.1. The average Bonchev–Trinajstić information content (AvgIpc) is 2.87. The molecule has 40 heavy (non-hydrogen) atoms. The molecule has 6 N–H and O–H groups in total. The molecule has 2 atom stereocenters. The third-order valence-corrected chi connectivity index (χ3v) is 5.99. The van der Waals surface area contributed by atoms with Gasteiger partial charge in [-0.05, 0) is 62.6 Å². The molecule has 0 heterocycles. The fraction of sp³-hybridized carbons (Fsp3) is 0.655. The highest BCUT2D eigenvalue weighted by Gasteiger charge is 2.28. The number of carbonyl (C=O) groups excluding carboxylic acids is 4. The number of urea groups is 1. The van der Waals surface area contributed by atoms with Crippen molar-refractivity contribution in [2.45, 2.75) is 92.0 Å². The van der Waals surface area contributed by atoms with Gasteiger partial charge in [-0.1, -0.05) is 39.8 Å². The Morgan fingerprint density at radius 1 is 0.875 bits per heavy atom. The molecule has 0 aliphatic rings. The number of anilines is 1. The number of nitrogens with two attached hydrogens (primary N) is 1. The minimum atomic E-state index is -0.899. The van der Waals surface area contributed by atoms with E-state index in [0.29, 0.717) is 31.2 Å². The zero-order valence-corrected chi connectivity index (χ0v) is 24.9. The second-order valence-electron chi connectivity index (χ2n) is 10.9. The molecule has 0 aliphatic carbocycles. The molecule has 0 unspecified atom stereocenters. The van der Waals surface area contributed by atoms with Crippen molar-refractivity contribution in [1.82, 2.24) is 16.0 Å². The Balaban J connectivity index is 2.81. The lowest BCUT2D eigenvalue weighted by Crippen LogP contribution is -2.54. The first-order valence-electron chi connectivity index (χ1n) is 14.1. The third-order valence-electron chi connectivity index (χ3n) is 5.99. The van der Waals surface area contributed by atoms with Gasteiger partial charge in [-0.15, -0.1) is 0 Å². The molecular formula is C29H49N5O6. The van der Waals surface area contributed by atoms with E-state index >= 15 is 0 Å². The van der Waals surface area contributed by atoms with Crippen LogP contribution < -0.4 is 27.0 Å². The zero-order valence-electron chi connectivity index (χ0n) is 24.9. The summed E-state index contributed by atoms with van der Waals surface area (Å²) in [5.41, 5.74) is 6.67. The summed E-state index contributed by atoms with van der Waals surface area (Å²) in [5, 5.41) is 10.9. The number of carbonyl (C=O) groups is 4. The van der Waals surface area contributed by atoms with Gasteiger partial charge >= 0.3 is 6.03 Å².